The van der Waals surface area contributed by atoms with Crippen molar-refractivity contribution in [2.24, 2.45) is 0 Å². The van der Waals surface area contributed by atoms with Gasteiger partial charge in [0.05, 0.1) is 13.5 Å². The van der Waals surface area contributed by atoms with Gasteiger partial charge in [0.1, 0.15) is 0 Å². The third-order valence-electron chi connectivity index (χ3n) is 3.58. The SMILES string of the molecule is COC(=O)CCC(=O)NCCc1cc2ccc(C)cc2[nH]c1=O. The molecule has 0 saturated carbocycles. The summed E-state index contributed by atoms with van der Waals surface area (Å²) < 4.78 is 4.47. The summed E-state index contributed by atoms with van der Waals surface area (Å²) in [4.78, 5) is 37.4. The molecule has 0 atom stereocenters. The lowest BCUT2D eigenvalue weighted by atomic mass is 10.1. The van der Waals surface area contributed by atoms with E-state index in [0.717, 1.165) is 16.5 Å². The number of H-pyrrole nitrogens is 1. The summed E-state index contributed by atoms with van der Waals surface area (Å²) in [5.41, 5.74) is 2.36. The van der Waals surface area contributed by atoms with Crippen LogP contribution < -0.4 is 10.9 Å². The molecule has 0 unspecified atom stereocenters. The van der Waals surface area contributed by atoms with Crippen LogP contribution in [-0.2, 0) is 20.7 Å². The number of esters is 1. The fourth-order valence-electron chi connectivity index (χ4n) is 2.29. The first-order chi connectivity index (χ1) is 11.0. The van der Waals surface area contributed by atoms with Crippen molar-refractivity contribution in [2.75, 3.05) is 13.7 Å². The monoisotopic (exact) mass is 316 g/mol. The van der Waals surface area contributed by atoms with E-state index in [2.05, 4.69) is 15.0 Å². The average molecular weight is 316 g/mol. The smallest absolute Gasteiger partial charge is 0.306 e. The van der Waals surface area contributed by atoms with Crippen LogP contribution in [0.15, 0.2) is 29.1 Å². The predicted octanol–water partition coefficient (Wildman–Crippen LogP) is 1.45. The molecule has 0 radical (unpaired) electrons. The van der Waals surface area contributed by atoms with E-state index in [9.17, 15) is 14.4 Å². The number of carbonyl (C=O) groups excluding carboxylic acids is 2. The van der Waals surface area contributed by atoms with Gasteiger partial charge in [-0.05, 0) is 36.4 Å². The fraction of sp³-hybridized carbons (Fsp3) is 0.353. The maximum atomic E-state index is 12.0. The molecule has 0 fully saturated rings. The number of aryl methyl sites for hydroxylation is 1. The van der Waals surface area contributed by atoms with Gasteiger partial charge in [0.2, 0.25) is 5.91 Å². The van der Waals surface area contributed by atoms with Crippen molar-refractivity contribution in [3.63, 3.8) is 0 Å². The van der Waals surface area contributed by atoms with Gasteiger partial charge in [-0.2, -0.15) is 0 Å². The molecular weight excluding hydrogens is 296 g/mol. The van der Waals surface area contributed by atoms with E-state index in [0.29, 0.717) is 18.5 Å². The molecule has 0 aliphatic rings. The van der Waals surface area contributed by atoms with Crippen molar-refractivity contribution in [1.82, 2.24) is 10.3 Å². The Kier molecular flexibility index (Phi) is 5.51. The average Bonchev–Trinajstić information content (AvgIpc) is 2.53. The number of hydrogen-bond acceptors (Lipinski definition) is 4. The highest BCUT2D eigenvalue weighted by atomic mass is 16.5. The zero-order chi connectivity index (χ0) is 16.8. The molecule has 1 aromatic carbocycles. The van der Waals surface area contributed by atoms with E-state index in [1.165, 1.54) is 7.11 Å². The van der Waals surface area contributed by atoms with E-state index in [-0.39, 0.29) is 24.3 Å². The van der Waals surface area contributed by atoms with Gasteiger partial charge in [0.25, 0.3) is 5.56 Å². The molecular formula is C17H20N2O4. The Balaban J connectivity index is 1.93. The minimum absolute atomic E-state index is 0.0538. The van der Waals surface area contributed by atoms with Crippen LogP contribution in [-0.4, -0.2) is 30.5 Å². The van der Waals surface area contributed by atoms with E-state index in [1.54, 1.807) is 0 Å². The quantitative estimate of drug-likeness (QED) is 0.790. The van der Waals surface area contributed by atoms with Crippen LogP contribution in [0.1, 0.15) is 24.0 Å². The third kappa shape index (κ3) is 4.67. The highest BCUT2D eigenvalue weighted by Gasteiger charge is 2.07. The van der Waals surface area contributed by atoms with Crippen molar-refractivity contribution in [3.8, 4) is 0 Å². The largest absolute Gasteiger partial charge is 0.469 e. The lowest BCUT2D eigenvalue weighted by Gasteiger charge is -2.06. The first-order valence-corrected chi connectivity index (χ1v) is 7.45. The second kappa shape index (κ2) is 7.58. The van der Waals surface area contributed by atoms with Gasteiger partial charge in [0, 0.05) is 24.0 Å². The minimum atomic E-state index is -0.415. The zero-order valence-electron chi connectivity index (χ0n) is 13.3. The number of aromatic nitrogens is 1. The Hall–Kier alpha value is -2.63. The lowest BCUT2D eigenvalue weighted by Crippen LogP contribution is -2.27. The maximum absolute atomic E-state index is 12.0. The van der Waals surface area contributed by atoms with Crippen LogP contribution >= 0.6 is 0 Å². The summed E-state index contributed by atoms with van der Waals surface area (Å²) in [5.74, 6) is -0.648. The number of nitrogens with one attached hydrogen (secondary N) is 2. The second-order valence-electron chi connectivity index (χ2n) is 5.39. The molecule has 1 aromatic heterocycles. The molecule has 6 heteroatoms. The number of ether oxygens (including phenoxy) is 1. The molecule has 1 heterocycles. The molecule has 23 heavy (non-hydrogen) atoms. The molecule has 0 aliphatic heterocycles. The normalized spacial score (nSPS) is 10.5. The molecule has 2 aromatic rings. The van der Waals surface area contributed by atoms with Crippen LogP contribution in [0.3, 0.4) is 0 Å². The Morgan fingerprint density at radius 1 is 1.22 bits per heavy atom. The first kappa shape index (κ1) is 16.7. The zero-order valence-corrected chi connectivity index (χ0v) is 13.3. The number of hydrogen-bond donors (Lipinski definition) is 2. The van der Waals surface area contributed by atoms with Crippen LogP contribution in [0.4, 0.5) is 0 Å². The molecule has 2 N–H and O–H groups in total. The number of carbonyl (C=O) groups is 2. The summed E-state index contributed by atoms with van der Waals surface area (Å²) in [6, 6.07) is 7.71. The molecule has 0 spiro atoms. The highest BCUT2D eigenvalue weighted by molar-refractivity contribution is 5.81. The van der Waals surface area contributed by atoms with Gasteiger partial charge in [-0.25, -0.2) is 0 Å². The number of methoxy groups -OCH3 is 1. The Morgan fingerprint density at radius 2 is 2.00 bits per heavy atom. The number of amides is 1. The molecule has 122 valence electrons. The Labute approximate surface area is 133 Å². The van der Waals surface area contributed by atoms with Gasteiger partial charge in [0.15, 0.2) is 0 Å². The lowest BCUT2D eigenvalue weighted by molar-refractivity contribution is -0.142. The van der Waals surface area contributed by atoms with E-state index in [4.69, 9.17) is 0 Å². The van der Waals surface area contributed by atoms with Crippen LogP contribution in [0.5, 0.6) is 0 Å². The minimum Gasteiger partial charge on any atom is -0.469 e. The van der Waals surface area contributed by atoms with Crippen LogP contribution in [0.25, 0.3) is 10.9 Å². The van der Waals surface area contributed by atoms with Crippen molar-refractivity contribution in [1.29, 1.82) is 0 Å². The van der Waals surface area contributed by atoms with Crippen LogP contribution in [0, 0.1) is 6.92 Å². The number of fused-ring (bicyclic) bond motifs is 1. The number of pyridine rings is 1. The predicted molar refractivity (Wildman–Crippen MR) is 87.3 cm³/mol. The molecule has 0 aliphatic carbocycles. The highest BCUT2D eigenvalue weighted by Crippen LogP contribution is 2.13. The standard InChI is InChI=1S/C17H20N2O4/c1-11-3-4-12-10-13(17(22)19-14(12)9-11)7-8-18-15(20)5-6-16(21)23-2/h3-4,9-10H,5-8H2,1-2H3,(H,18,20)(H,19,22). The molecule has 1 amide bonds. The van der Waals surface area contributed by atoms with E-state index >= 15 is 0 Å². The van der Waals surface area contributed by atoms with E-state index < -0.39 is 5.97 Å². The van der Waals surface area contributed by atoms with Crippen molar-refractivity contribution < 1.29 is 14.3 Å². The van der Waals surface area contributed by atoms with Crippen molar-refractivity contribution in [3.05, 3.63) is 45.7 Å². The van der Waals surface area contributed by atoms with Crippen molar-refractivity contribution >= 4 is 22.8 Å². The topological polar surface area (TPSA) is 88.3 Å². The van der Waals surface area contributed by atoms with E-state index in [1.807, 2.05) is 31.2 Å². The number of benzene rings is 1. The molecule has 0 bridgehead atoms. The van der Waals surface area contributed by atoms with Gasteiger partial charge < -0.3 is 15.0 Å². The summed E-state index contributed by atoms with van der Waals surface area (Å²) in [6.07, 6.45) is 0.571. The summed E-state index contributed by atoms with van der Waals surface area (Å²) in [5, 5.41) is 3.66. The van der Waals surface area contributed by atoms with Crippen molar-refractivity contribution in [2.45, 2.75) is 26.2 Å². The van der Waals surface area contributed by atoms with Gasteiger partial charge in [-0.15, -0.1) is 0 Å². The maximum Gasteiger partial charge on any atom is 0.306 e. The van der Waals surface area contributed by atoms with Crippen LogP contribution in [0.2, 0.25) is 0 Å². The summed E-state index contributed by atoms with van der Waals surface area (Å²) in [6.45, 7) is 2.32. The molecule has 2 rings (SSSR count). The third-order valence-corrected chi connectivity index (χ3v) is 3.58. The Bertz CT molecular complexity index is 780. The van der Waals surface area contributed by atoms with Gasteiger partial charge in [-0.1, -0.05) is 12.1 Å². The number of rotatable bonds is 6. The number of aromatic amines is 1. The summed E-state index contributed by atoms with van der Waals surface area (Å²) in [7, 11) is 1.29. The van der Waals surface area contributed by atoms with Gasteiger partial charge in [-0.3, -0.25) is 14.4 Å². The summed E-state index contributed by atoms with van der Waals surface area (Å²) >= 11 is 0. The van der Waals surface area contributed by atoms with Gasteiger partial charge >= 0.3 is 5.97 Å². The molecule has 6 nitrogen and oxygen atoms in total. The Morgan fingerprint density at radius 3 is 2.74 bits per heavy atom. The first-order valence-electron chi connectivity index (χ1n) is 7.45. The fourth-order valence-corrected chi connectivity index (χ4v) is 2.29. The second-order valence-corrected chi connectivity index (χ2v) is 5.39. The molecule has 0 saturated heterocycles.